The lowest BCUT2D eigenvalue weighted by atomic mass is 10.1. The average Bonchev–Trinajstić information content (AvgIpc) is 2.72. The van der Waals surface area contributed by atoms with E-state index >= 15 is 0 Å². The Morgan fingerprint density at radius 2 is 1.72 bits per heavy atom. The monoisotopic (exact) mass is 397 g/mol. The second-order valence-electron chi connectivity index (χ2n) is 6.15. The molecular formula is C22H23NO6. The quantitative estimate of drug-likeness (QED) is 0.417. The van der Waals surface area contributed by atoms with Gasteiger partial charge in [-0.25, -0.2) is 4.79 Å². The minimum atomic E-state index is -1.02. The SMILES string of the molecule is COc1ccc(/C=C/C(=O)O[C@H](C)C(=O)Nc2cccc(C(C)=O)c2)cc1OC. The minimum Gasteiger partial charge on any atom is -0.493 e. The number of nitrogens with one attached hydrogen (secondary N) is 1. The standard InChI is InChI=1S/C22H23NO6/c1-14(24)17-6-5-7-18(13-17)23-22(26)15(2)29-21(25)11-9-16-8-10-19(27-3)20(12-16)28-4/h5-13,15H,1-4H3,(H,23,26)/b11-9+/t15-/m1/s1. The van der Waals surface area contributed by atoms with Crippen molar-refractivity contribution in [3.05, 3.63) is 59.7 Å². The van der Waals surface area contributed by atoms with Gasteiger partial charge in [0.1, 0.15) is 0 Å². The molecule has 7 heteroatoms. The molecule has 0 aliphatic heterocycles. The number of Topliss-reactive ketones (excluding diaryl/α,β-unsaturated/α-hetero) is 1. The van der Waals surface area contributed by atoms with E-state index in [9.17, 15) is 14.4 Å². The number of anilines is 1. The Hall–Kier alpha value is -3.61. The molecule has 1 atom stereocenters. The molecule has 0 spiro atoms. The van der Waals surface area contributed by atoms with Gasteiger partial charge in [-0.05, 0) is 49.8 Å². The van der Waals surface area contributed by atoms with Crippen molar-refractivity contribution < 1.29 is 28.6 Å². The van der Waals surface area contributed by atoms with Crippen molar-refractivity contribution in [1.82, 2.24) is 0 Å². The summed E-state index contributed by atoms with van der Waals surface area (Å²) in [6.07, 6.45) is 1.76. The fourth-order valence-electron chi connectivity index (χ4n) is 2.45. The smallest absolute Gasteiger partial charge is 0.331 e. The van der Waals surface area contributed by atoms with Gasteiger partial charge in [0.2, 0.25) is 0 Å². The molecule has 152 valence electrons. The fraction of sp³-hybridized carbons (Fsp3) is 0.227. The topological polar surface area (TPSA) is 90.9 Å². The van der Waals surface area contributed by atoms with Crippen molar-refractivity contribution in [3.8, 4) is 11.5 Å². The number of ether oxygens (including phenoxy) is 3. The van der Waals surface area contributed by atoms with E-state index in [1.165, 1.54) is 34.1 Å². The number of amides is 1. The number of rotatable bonds is 8. The van der Waals surface area contributed by atoms with Crippen molar-refractivity contribution >= 4 is 29.4 Å². The first-order valence-corrected chi connectivity index (χ1v) is 8.86. The number of benzene rings is 2. The van der Waals surface area contributed by atoms with Crippen molar-refractivity contribution in [2.75, 3.05) is 19.5 Å². The van der Waals surface area contributed by atoms with E-state index in [4.69, 9.17) is 14.2 Å². The van der Waals surface area contributed by atoms with Gasteiger partial charge in [-0.3, -0.25) is 9.59 Å². The van der Waals surface area contributed by atoms with E-state index in [1.54, 1.807) is 48.5 Å². The van der Waals surface area contributed by atoms with Crippen LogP contribution >= 0.6 is 0 Å². The van der Waals surface area contributed by atoms with Crippen molar-refractivity contribution in [2.45, 2.75) is 20.0 Å². The third kappa shape index (κ3) is 6.21. The molecule has 0 aromatic heterocycles. The van der Waals surface area contributed by atoms with Crippen LogP contribution in [-0.4, -0.2) is 38.0 Å². The molecule has 0 radical (unpaired) electrons. The van der Waals surface area contributed by atoms with Crippen LogP contribution in [0, 0.1) is 0 Å². The van der Waals surface area contributed by atoms with Gasteiger partial charge in [0.25, 0.3) is 5.91 Å². The third-order valence-electron chi connectivity index (χ3n) is 4.02. The molecular weight excluding hydrogens is 374 g/mol. The Labute approximate surface area is 169 Å². The van der Waals surface area contributed by atoms with E-state index in [0.717, 1.165) is 0 Å². The van der Waals surface area contributed by atoms with Gasteiger partial charge in [-0.2, -0.15) is 0 Å². The van der Waals surface area contributed by atoms with Crippen LogP contribution in [0.1, 0.15) is 29.8 Å². The summed E-state index contributed by atoms with van der Waals surface area (Å²) < 4.78 is 15.5. The number of hydrogen-bond donors (Lipinski definition) is 1. The van der Waals surface area contributed by atoms with Gasteiger partial charge in [0.05, 0.1) is 14.2 Å². The second-order valence-corrected chi connectivity index (χ2v) is 6.15. The van der Waals surface area contributed by atoms with Gasteiger partial charge in [-0.15, -0.1) is 0 Å². The Morgan fingerprint density at radius 1 is 1.00 bits per heavy atom. The van der Waals surface area contributed by atoms with Crippen LogP contribution < -0.4 is 14.8 Å². The Bertz CT molecular complexity index is 935. The van der Waals surface area contributed by atoms with Crippen molar-refractivity contribution in [3.63, 3.8) is 0 Å². The third-order valence-corrected chi connectivity index (χ3v) is 4.02. The fourth-order valence-corrected chi connectivity index (χ4v) is 2.45. The van der Waals surface area contributed by atoms with E-state index in [0.29, 0.717) is 28.3 Å². The number of carbonyl (C=O) groups is 3. The largest absolute Gasteiger partial charge is 0.493 e. The molecule has 0 heterocycles. The first kappa shape index (κ1) is 21.7. The maximum absolute atomic E-state index is 12.2. The zero-order valence-corrected chi connectivity index (χ0v) is 16.7. The molecule has 0 saturated heterocycles. The zero-order chi connectivity index (χ0) is 21.4. The number of esters is 1. The highest BCUT2D eigenvalue weighted by Gasteiger charge is 2.17. The van der Waals surface area contributed by atoms with E-state index in [1.807, 2.05) is 0 Å². The van der Waals surface area contributed by atoms with Crippen molar-refractivity contribution in [2.24, 2.45) is 0 Å². The average molecular weight is 397 g/mol. The number of carbonyl (C=O) groups excluding carboxylic acids is 3. The molecule has 0 aliphatic rings. The van der Waals surface area contributed by atoms with Crippen LogP contribution in [0.25, 0.3) is 6.08 Å². The molecule has 0 fully saturated rings. The molecule has 1 N–H and O–H groups in total. The maximum Gasteiger partial charge on any atom is 0.331 e. The van der Waals surface area contributed by atoms with E-state index in [2.05, 4.69) is 5.32 Å². The molecule has 1 amide bonds. The summed E-state index contributed by atoms with van der Waals surface area (Å²) >= 11 is 0. The first-order chi connectivity index (χ1) is 13.8. The Morgan fingerprint density at radius 3 is 2.38 bits per heavy atom. The lowest BCUT2D eigenvalue weighted by molar-refractivity contribution is -0.148. The van der Waals surface area contributed by atoms with Crippen LogP contribution in [0.4, 0.5) is 5.69 Å². The molecule has 0 unspecified atom stereocenters. The highest BCUT2D eigenvalue weighted by Crippen LogP contribution is 2.28. The van der Waals surface area contributed by atoms with Gasteiger partial charge in [0, 0.05) is 17.3 Å². The number of methoxy groups -OCH3 is 2. The van der Waals surface area contributed by atoms with Gasteiger partial charge in [0.15, 0.2) is 23.4 Å². The second kappa shape index (κ2) is 10.1. The Balaban J connectivity index is 1.96. The van der Waals surface area contributed by atoms with Gasteiger partial charge >= 0.3 is 5.97 Å². The molecule has 2 aromatic carbocycles. The molecule has 29 heavy (non-hydrogen) atoms. The number of hydrogen-bond acceptors (Lipinski definition) is 6. The van der Waals surface area contributed by atoms with E-state index in [-0.39, 0.29) is 5.78 Å². The van der Waals surface area contributed by atoms with Crippen LogP contribution in [-0.2, 0) is 14.3 Å². The lowest BCUT2D eigenvalue weighted by Gasteiger charge is -2.13. The summed E-state index contributed by atoms with van der Waals surface area (Å²) in [5.41, 5.74) is 1.63. The van der Waals surface area contributed by atoms with Gasteiger partial charge in [-0.1, -0.05) is 18.2 Å². The predicted molar refractivity (Wildman–Crippen MR) is 109 cm³/mol. The maximum atomic E-state index is 12.2. The van der Waals surface area contributed by atoms with Crippen LogP contribution in [0.15, 0.2) is 48.5 Å². The first-order valence-electron chi connectivity index (χ1n) is 8.86. The van der Waals surface area contributed by atoms with Gasteiger partial charge < -0.3 is 19.5 Å². The zero-order valence-electron chi connectivity index (χ0n) is 16.7. The summed E-state index contributed by atoms with van der Waals surface area (Å²) in [4.78, 5) is 35.7. The van der Waals surface area contributed by atoms with Crippen molar-refractivity contribution in [1.29, 1.82) is 0 Å². The highest BCUT2D eigenvalue weighted by molar-refractivity contribution is 5.99. The van der Waals surface area contributed by atoms with Crippen LogP contribution in [0.2, 0.25) is 0 Å². The highest BCUT2D eigenvalue weighted by atomic mass is 16.5. The predicted octanol–water partition coefficient (Wildman–Crippen LogP) is 3.49. The molecule has 0 bridgehead atoms. The van der Waals surface area contributed by atoms with Crippen LogP contribution in [0.5, 0.6) is 11.5 Å². The summed E-state index contributed by atoms with van der Waals surface area (Å²) in [7, 11) is 3.06. The molecule has 0 aliphatic carbocycles. The molecule has 2 aromatic rings. The molecule has 7 nitrogen and oxygen atoms in total. The molecule has 0 saturated carbocycles. The normalized spacial score (nSPS) is 11.6. The van der Waals surface area contributed by atoms with Crippen LogP contribution in [0.3, 0.4) is 0 Å². The summed E-state index contributed by atoms with van der Waals surface area (Å²) in [5, 5.41) is 2.62. The molecule has 2 rings (SSSR count). The summed E-state index contributed by atoms with van der Waals surface area (Å²) in [6, 6.07) is 11.7. The number of ketones is 1. The lowest BCUT2D eigenvalue weighted by Crippen LogP contribution is -2.29. The minimum absolute atomic E-state index is 0.110. The summed E-state index contributed by atoms with van der Waals surface area (Å²) in [6.45, 7) is 2.91. The Kier molecular flexibility index (Phi) is 7.54. The van der Waals surface area contributed by atoms with E-state index < -0.39 is 18.0 Å². The summed E-state index contributed by atoms with van der Waals surface area (Å²) in [5.74, 6) is -0.172.